The number of nitrogens with one attached hydrogen (secondary N) is 1. The summed E-state index contributed by atoms with van der Waals surface area (Å²) in [5.74, 6) is 1.29. The van der Waals surface area contributed by atoms with Crippen LogP contribution in [0.2, 0.25) is 0 Å². The average Bonchev–Trinajstić information content (AvgIpc) is 3.28. The van der Waals surface area contributed by atoms with E-state index in [0.717, 1.165) is 23.3 Å². The molecule has 3 heterocycles. The van der Waals surface area contributed by atoms with Crippen molar-refractivity contribution in [1.82, 2.24) is 15.1 Å². The van der Waals surface area contributed by atoms with Gasteiger partial charge in [0.05, 0.1) is 5.69 Å². The Bertz CT molecular complexity index is 1080. The van der Waals surface area contributed by atoms with Gasteiger partial charge in [0.15, 0.2) is 11.5 Å². The lowest BCUT2D eigenvalue weighted by Gasteiger charge is -2.36. The number of aliphatic hydroxyl groups excluding tert-OH is 1. The predicted octanol–water partition coefficient (Wildman–Crippen LogP) is 2.80. The van der Waals surface area contributed by atoms with Crippen LogP contribution in [-0.4, -0.2) is 52.0 Å². The van der Waals surface area contributed by atoms with Crippen molar-refractivity contribution in [2.24, 2.45) is 0 Å². The lowest BCUT2D eigenvalue weighted by molar-refractivity contribution is 0.0600. The van der Waals surface area contributed by atoms with Gasteiger partial charge in [0.25, 0.3) is 5.91 Å². The van der Waals surface area contributed by atoms with Gasteiger partial charge < -0.3 is 19.5 Å². The topological polar surface area (TPSA) is 87.7 Å². The summed E-state index contributed by atoms with van der Waals surface area (Å²) in [6.07, 6.45) is 1.29. The molecule has 1 aromatic heterocycles. The quantitative estimate of drug-likeness (QED) is 0.697. The highest BCUT2D eigenvalue weighted by Gasteiger charge is 2.31. The molecule has 1 atom stereocenters. The molecule has 2 aliphatic heterocycles. The van der Waals surface area contributed by atoms with Gasteiger partial charge in [-0.25, -0.2) is 0 Å². The summed E-state index contributed by atoms with van der Waals surface area (Å²) < 4.78 is 11.2. The number of aliphatic hydroxyl groups is 1. The van der Waals surface area contributed by atoms with Crippen LogP contribution in [-0.2, 0) is 13.0 Å². The van der Waals surface area contributed by atoms with Crippen molar-refractivity contribution >= 4 is 5.91 Å². The molecule has 0 bridgehead atoms. The molecule has 1 amide bonds. The second kappa shape index (κ2) is 7.84. The van der Waals surface area contributed by atoms with E-state index in [2.05, 4.69) is 22.3 Å². The number of hydrogen-bond acceptors (Lipinski definition) is 5. The summed E-state index contributed by atoms with van der Waals surface area (Å²) in [6.45, 7) is 1.63. The Kier molecular flexibility index (Phi) is 4.88. The minimum absolute atomic E-state index is 0.0431. The van der Waals surface area contributed by atoms with Crippen molar-refractivity contribution in [3.63, 3.8) is 0 Å². The number of H-pyrrole nitrogens is 1. The normalized spacial score (nSPS) is 17.5. The molecule has 2 aliphatic rings. The van der Waals surface area contributed by atoms with Crippen LogP contribution in [0.3, 0.4) is 0 Å². The minimum atomic E-state index is -0.112. The van der Waals surface area contributed by atoms with Crippen LogP contribution in [0.15, 0.2) is 48.5 Å². The smallest absolute Gasteiger partial charge is 0.272 e. The van der Waals surface area contributed by atoms with Gasteiger partial charge in [-0.1, -0.05) is 24.3 Å². The van der Waals surface area contributed by atoms with Crippen molar-refractivity contribution < 1.29 is 19.4 Å². The van der Waals surface area contributed by atoms with Gasteiger partial charge in [0.1, 0.15) is 18.9 Å². The molecule has 1 unspecified atom stereocenters. The third-order valence-corrected chi connectivity index (χ3v) is 5.72. The third-order valence-electron chi connectivity index (χ3n) is 5.72. The van der Waals surface area contributed by atoms with Gasteiger partial charge in [0, 0.05) is 24.8 Å². The number of carbonyl (C=O) groups is 1. The first kappa shape index (κ1) is 18.7. The monoisotopic (exact) mass is 405 g/mol. The fraction of sp³-hybridized carbons (Fsp3) is 0.304. The highest BCUT2D eigenvalue weighted by atomic mass is 16.6. The molecule has 3 aromatic rings. The first-order valence-corrected chi connectivity index (χ1v) is 10.2. The van der Waals surface area contributed by atoms with Crippen LogP contribution < -0.4 is 9.47 Å². The molecular weight excluding hydrogens is 382 g/mol. The maximum atomic E-state index is 13.3. The van der Waals surface area contributed by atoms with Crippen molar-refractivity contribution in [1.29, 1.82) is 0 Å². The van der Waals surface area contributed by atoms with Crippen molar-refractivity contribution in [3.8, 4) is 22.8 Å². The van der Waals surface area contributed by atoms with E-state index >= 15 is 0 Å². The van der Waals surface area contributed by atoms with E-state index < -0.39 is 0 Å². The van der Waals surface area contributed by atoms with Crippen LogP contribution in [0.5, 0.6) is 11.5 Å². The van der Waals surface area contributed by atoms with Gasteiger partial charge in [-0.15, -0.1) is 0 Å². The van der Waals surface area contributed by atoms with Crippen molar-refractivity contribution in [3.05, 3.63) is 65.4 Å². The van der Waals surface area contributed by atoms with E-state index in [1.165, 1.54) is 5.56 Å². The highest BCUT2D eigenvalue weighted by Crippen LogP contribution is 2.34. The number of carbonyl (C=O) groups excluding carboxylic acids is 1. The van der Waals surface area contributed by atoms with E-state index in [4.69, 9.17) is 9.47 Å². The van der Waals surface area contributed by atoms with Crippen LogP contribution in [0.25, 0.3) is 11.3 Å². The van der Waals surface area contributed by atoms with E-state index in [9.17, 15) is 9.90 Å². The number of nitrogens with zero attached hydrogens (tertiary/aromatic N) is 2. The number of hydrogen-bond donors (Lipinski definition) is 2. The molecule has 2 N–H and O–H groups in total. The van der Waals surface area contributed by atoms with E-state index in [-0.39, 0.29) is 18.6 Å². The molecule has 7 nitrogen and oxygen atoms in total. The first-order valence-electron chi connectivity index (χ1n) is 10.2. The second-order valence-electron chi connectivity index (χ2n) is 7.60. The fourth-order valence-electron chi connectivity index (χ4n) is 4.17. The Balaban J connectivity index is 1.41. The summed E-state index contributed by atoms with van der Waals surface area (Å²) in [7, 11) is 0. The molecule has 0 saturated carbocycles. The Morgan fingerprint density at radius 3 is 2.73 bits per heavy atom. The summed E-state index contributed by atoms with van der Waals surface area (Å²) in [5, 5.41) is 16.7. The summed E-state index contributed by atoms with van der Waals surface area (Å²) in [5.41, 5.74) is 4.34. The van der Waals surface area contributed by atoms with Gasteiger partial charge >= 0.3 is 0 Å². The van der Waals surface area contributed by atoms with Crippen LogP contribution in [0.1, 0.15) is 28.0 Å². The molecule has 0 saturated heterocycles. The van der Waals surface area contributed by atoms with Gasteiger partial charge in [-0.2, -0.15) is 5.10 Å². The van der Waals surface area contributed by atoms with Crippen LogP contribution in [0, 0.1) is 0 Å². The van der Waals surface area contributed by atoms with Gasteiger partial charge in [-0.05, 0) is 48.2 Å². The number of fused-ring (bicyclic) bond motifs is 2. The standard InChI is InChI=1S/C23H23N3O4/c27-8-7-18-11-15-3-1-2-4-17(15)14-26(18)23(28)20-13-19(24-25-20)16-5-6-21-22(12-16)30-10-9-29-21/h1-6,12-13,18,27H,7-11,14H2,(H,24,25). The molecule has 0 spiro atoms. The third kappa shape index (κ3) is 3.41. The van der Waals surface area contributed by atoms with Gasteiger partial charge in [-0.3, -0.25) is 9.89 Å². The molecule has 30 heavy (non-hydrogen) atoms. The SMILES string of the molecule is O=C(c1cc(-c2ccc3c(c2)OCCO3)n[nH]1)N1Cc2ccccc2CC1CCO. The number of rotatable bonds is 4. The molecule has 0 fully saturated rings. The van der Waals surface area contributed by atoms with Crippen LogP contribution in [0.4, 0.5) is 0 Å². The fourth-order valence-corrected chi connectivity index (χ4v) is 4.17. The Morgan fingerprint density at radius 2 is 1.90 bits per heavy atom. The maximum absolute atomic E-state index is 13.3. The van der Waals surface area contributed by atoms with E-state index in [1.54, 1.807) is 6.07 Å². The Hall–Kier alpha value is -3.32. The zero-order valence-corrected chi connectivity index (χ0v) is 16.5. The maximum Gasteiger partial charge on any atom is 0.272 e. The van der Waals surface area contributed by atoms with Crippen molar-refractivity contribution in [2.75, 3.05) is 19.8 Å². The minimum Gasteiger partial charge on any atom is -0.486 e. The molecule has 0 aliphatic carbocycles. The summed E-state index contributed by atoms with van der Waals surface area (Å²) in [6, 6.07) is 15.5. The van der Waals surface area contributed by atoms with Crippen molar-refractivity contribution in [2.45, 2.75) is 25.4 Å². The molecule has 7 heteroatoms. The molecule has 0 radical (unpaired) electrons. The van der Waals surface area contributed by atoms with Gasteiger partial charge in [0.2, 0.25) is 0 Å². The van der Waals surface area contributed by atoms with Crippen LogP contribution >= 0.6 is 0 Å². The molecule has 2 aromatic carbocycles. The second-order valence-corrected chi connectivity index (χ2v) is 7.60. The van der Waals surface area contributed by atoms with E-state index in [0.29, 0.717) is 43.3 Å². The molecule has 5 rings (SSSR count). The molecule has 154 valence electrons. The largest absolute Gasteiger partial charge is 0.486 e. The Labute approximate surface area is 174 Å². The predicted molar refractivity (Wildman–Crippen MR) is 111 cm³/mol. The number of aromatic nitrogens is 2. The first-order chi connectivity index (χ1) is 14.7. The zero-order valence-electron chi connectivity index (χ0n) is 16.5. The number of benzene rings is 2. The lowest BCUT2D eigenvalue weighted by Crippen LogP contribution is -2.44. The lowest BCUT2D eigenvalue weighted by atomic mass is 9.92. The number of aromatic amines is 1. The van der Waals surface area contributed by atoms with E-state index in [1.807, 2.05) is 35.2 Å². The Morgan fingerprint density at radius 1 is 1.10 bits per heavy atom. The zero-order chi connectivity index (χ0) is 20.5. The number of ether oxygens (including phenoxy) is 2. The summed E-state index contributed by atoms with van der Waals surface area (Å²) >= 11 is 0. The highest BCUT2D eigenvalue weighted by molar-refractivity contribution is 5.93. The summed E-state index contributed by atoms with van der Waals surface area (Å²) in [4.78, 5) is 15.1. The molecular formula is C23H23N3O4. The number of amides is 1. The average molecular weight is 405 g/mol.